The molecule has 0 aromatic rings. The van der Waals surface area contributed by atoms with Crippen LogP contribution in [-0.4, -0.2) is 57.9 Å². The predicted molar refractivity (Wildman–Crippen MR) is 82.5 cm³/mol. The second-order valence-electron chi connectivity index (χ2n) is 6.50. The Kier molecular flexibility index (Phi) is 4.61. The van der Waals surface area contributed by atoms with Crippen LogP contribution in [0.15, 0.2) is 0 Å². The third kappa shape index (κ3) is 3.56. The molecule has 3 atom stereocenters. The van der Waals surface area contributed by atoms with Crippen LogP contribution in [-0.2, 0) is 14.4 Å². The van der Waals surface area contributed by atoms with E-state index in [1.807, 2.05) is 4.90 Å². The number of aliphatic carboxylic acids is 1. The molecule has 0 aromatic carbocycles. The summed E-state index contributed by atoms with van der Waals surface area (Å²) < 4.78 is 0. The van der Waals surface area contributed by atoms with Gasteiger partial charge in [-0.15, -0.1) is 11.8 Å². The maximum Gasteiger partial charge on any atom is 0.316 e. The first-order valence-electron chi connectivity index (χ1n) is 7.98. The maximum absolute atomic E-state index is 12.4. The first-order valence-corrected chi connectivity index (χ1v) is 9.03. The number of hydrogen-bond donors (Lipinski definition) is 2. The molecule has 1 unspecified atom stereocenters. The highest BCUT2D eigenvalue weighted by Gasteiger charge is 2.38. The van der Waals surface area contributed by atoms with E-state index >= 15 is 0 Å². The molecule has 3 fully saturated rings. The Labute approximate surface area is 134 Å². The Morgan fingerprint density at radius 2 is 1.91 bits per heavy atom. The minimum atomic E-state index is -0.805. The fourth-order valence-corrected chi connectivity index (χ4v) is 4.39. The Morgan fingerprint density at radius 3 is 2.55 bits per heavy atom. The molecule has 3 aliphatic rings. The Bertz CT molecular complexity index is 480. The van der Waals surface area contributed by atoms with Crippen LogP contribution in [0.25, 0.3) is 0 Å². The standard InChI is InChI=1S/C15H22N2O4S/c18-13(16-11-6-12(15(20)21)22-8-11)10-2-1-5-17(7-10)14(19)9-3-4-9/h9-12H,1-8H2,(H,16,18)(H,20,21)/t10?,11-,12-/m0/s1. The number of piperidine rings is 1. The number of rotatable bonds is 4. The van der Waals surface area contributed by atoms with E-state index < -0.39 is 11.2 Å². The molecule has 1 saturated carbocycles. The van der Waals surface area contributed by atoms with Gasteiger partial charge in [-0.2, -0.15) is 0 Å². The molecule has 0 aromatic heterocycles. The number of thioether (sulfide) groups is 1. The minimum absolute atomic E-state index is 0.0232. The summed E-state index contributed by atoms with van der Waals surface area (Å²) in [5.74, 6) is 0.0836. The van der Waals surface area contributed by atoms with E-state index in [1.54, 1.807) is 0 Å². The zero-order valence-corrected chi connectivity index (χ0v) is 13.3. The first kappa shape index (κ1) is 15.6. The summed E-state index contributed by atoms with van der Waals surface area (Å²) in [6.45, 7) is 1.28. The van der Waals surface area contributed by atoms with Gasteiger partial charge in [-0.3, -0.25) is 14.4 Å². The average Bonchev–Trinajstić information content (AvgIpc) is 3.26. The number of carbonyl (C=O) groups is 3. The van der Waals surface area contributed by atoms with Crippen molar-refractivity contribution in [3.05, 3.63) is 0 Å². The summed E-state index contributed by atoms with van der Waals surface area (Å²) in [5, 5.41) is 11.6. The van der Waals surface area contributed by atoms with Gasteiger partial charge in [0.05, 0.1) is 5.92 Å². The summed E-state index contributed by atoms with van der Waals surface area (Å²) in [4.78, 5) is 37.3. The third-order valence-corrected chi connectivity index (χ3v) is 6.04. The molecule has 6 nitrogen and oxygen atoms in total. The van der Waals surface area contributed by atoms with Gasteiger partial charge in [0, 0.05) is 30.8 Å². The van der Waals surface area contributed by atoms with Crippen LogP contribution < -0.4 is 5.32 Å². The van der Waals surface area contributed by atoms with E-state index in [2.05, 4.69) is 5.32 Å². The number of hydrogen-bond acceptors (Lipinski definition) is 4. The maximum atomic E-state index is 12.4. The summed E-state index contributed by atoms with van der Waals surface area (Å²) in [6, 6.07) is -0.0619. The van der Waals surface area contributed by atoms with Crippen molar-refractivity contribution in [2.45, 2.75) is 43.4 Å². The lowest BCUT2D eigenvalue weighted by atomic mass is 9.96. The zero-order valence-electron chi connectivity index (χ0n) is 12.5. The number of nitrogens with one attached hydrogen (secondary N) is 1. The van der Waals surface area contributed by atoms with Gasteiger partial charge in [0.15, 0.2) is 0 Å². The minimum Gasteiger partial charge on any atom is -0.480 e. The van der Waals surface area contributed by atoms with Crippen molar-refractivity contribution in [1.29, 1.82) is 0 Å². The number of carbonyl (C=O) groups excluding carboxylic acids is 2. The average molecular weight is 326 g/mol. The predicted octanol–water partition coefficient (Wildman–Crippen LogP) is 0.710. The van der Waals surface area contributed by atoms with Crippen molar-refractivity contribution in [3.8, 4) is 0 Å². The molecule has 2 amide bonds. The van der Waals surface area contributed by atoms with Crippen LogP contribution in [0.2, 0.25) is 0 Å². The van der Waals surface area contributed by atoms with Gasteiger partial charge in [-0.05, 0) is 32.1 Å². The van der Waals surface area contributed by atoms with Gasteiger partial charge in [0.2, 0.25) is 11.8 Å². The van der Waals surface area contributed by atoms with Crippen molar-refractivity contribution < 1.29 is 19.5 Å². The normalized spacial score (nSPS) is 31.8. The molecule has 2 N–H and O–H groups in total. The molecule has 2 saturated heterocycles. The van der Waals surface area contributed by atoms with E-state index in [4.69, 9.17) is 5.11 Å². The highest BCUT2D eigenvalue weighted by molar-refractivity contribution is 8.00. The molecule has 1 aliphatic carbocycles. The molecule has 2 aliphatic heterocycles. The van der Waals surface area contributed by atoms with Crippen molar-refractivity contribution in [3.63, 3.8) is 0 Å². The molecular formula is C15H22N2O4S. The fourth-order valence-electron chi connectivity index (χ4n) is 3.20. The number of nitrogens with zero attached hydrogens (tertiary/aromatic N) is 1. The van der Waals surface area contributed by atoms with Gasteiger partial charge >= 0.3 is 5.97 Å². The highest BCUT2D eigenvalue weighted by Crippen LogP contribution is 2.33. The number of amides is 2. The molecule has 0 bridgehead atoms. The monoisotopic (exact) mass is 326 g/mol. The van der Waals surface area contributed by atoms with Crippen molar-refractivity contribution in [2.24, 2.45) is 11.8 Å². The number of carboxylic acids is 1. The Balaban J connectivity index is 1.49. The lowest BCUT2D eigenvalue weighted by Crippen LogP contribution is -2.48. The molecule has 0 spiro atoms. The largest absolute Gasteiger partial charge is 0.480 e. The van der Waals surface area contributed by atoms with Crippen LogP contribution >= 0.6 is 11.8 Å². The summed E-state index contributed by atoms with van der Waals surface area (Å²) in [5.41, 5.74) is 0. The van der Waals surface area contributed by atoms with E-state index in [1.165, 1.54) is 11.8 Å². The summed E-state index contributed by atoms with van der Waals surface area (Å²) >= 11 is 1.39. The molecule has 22 heavy (non-hydrogen) atoms. The second kappa shape index (κ2) is 6.48. The van der Waals surface area contributed by atoms with E-state index in [0.717, 1.165) is 32.2 Å². The van der Waals surface area contributed by atoms with Gasteiger partial charge in [0.25, 0.3) is 0 Å². The van der Waals surface area contributed by atoms with Crippen LogP contribution in [0.1, 0.15) is 32.1 Å². The molecule has 7 heteroatoms. The highest BCUT2D eigenvalue weighted by atomic mass is 32.2. The van der Waals surface area contributed by atoms with E-state index in [0.29, 0.717) is 18.7 Å². The Hall–Kier alpha value is -1.24. The lowest BCUT2D eigenvalue weighted by molar-refractivity contribution is -0.138. The van der Waals surface area contributed by atoms with Crippen molar-refractivity contribution in [2.75, 3.05) is 18.8 Å². The van der Waals surface area contributed by atoms with Gasteiger partial charge in [-0.1, -0.05) is 0 Å². The summed E-state index contributed by atoms with van der Waals surface area (Å²) in [7, 11) is 0. The van der Waals surface area contributed by atoms with E-state index in [9.17, 15) is 14.4 Å². The van der Waals surface area contributed by atoms with Crippen molar-refractivity contribution >= 4 is 29.5 Å². The van der Waals surface area contributed by atoms with Crippen LogP contribution in [0, 0.1) is 11.8 Å². The van der Waals surface area contributed by atoms with Crippen molar-refractivity contribution in [1.82, 2.24) is 10.2 Å². The smallest absolute Gasteiger partial charge is 0.316 e. The first-order chi connectivity index (χ1) is 10.5. The summed E-state index contributed by atoms with van der Waals surface area (Å²) in [6.07, 6.45) is 4.14. The van der Waals surface area contributed by atoms with Crippen LogP contribution in [0.4, 0.5) is 0 Å². The quantitative estimate of drug-likeness (QED) is 0.794. The number of carboxylic acid groups (broad SMARTS) is 1. The molecular weight excluding hydrogens is 304 g/mol. The third-order valence-electron chi connectivity index (χ3n) is 4.65. The molecule has 2 heterocycles. The SMILES string of the molecule is O=C(N[C@@H]1CS[C@H](C(=O)O)C1)C1CCCN(C(=O)C2CC2)C1. The van der Waals surface area contributed by atoms with Gasteiger partial charge < -0.3 is 15.3 Å². The second-order valence-corrected chi connectivity index (χ2v) is 7.73. The van der Waals surface area contributed by atoms with Crippen LogP contribution in [0.5, 0.6) is 0 Å². The zero-order chi connectivity index (χ0) is 15.7. The van der Waals surface area contributed by atoms with Gasteiger partial charge in [0.1, 0.15) is 5.25 Å². The van der Waals surface area contributed by atoms with Crippen LogP contribution in [0.3, 0.4) is 0 Å². The topological polar surface area (TPSA) is 86.7 Å². The fraction of sp³-hybridized carbons (Fsp3) is 0.800. The van der Waals surface area contributed by atoms with E-state index in [-0.39, 0.29) is 29.7 Å². The molecule has 122 valence electrons. The Morgan fingerprint density at radius 1 is 1.14 bits per heavy atom. The van der Waals surface area contributed by atoms with Gasteiger partial charge in [-0.25, -0.2) is 0 Å². The number of likely N-dealkylation sites (tertiary alicyclic amines) is 1. The molecule has 0 radical (unpaired) electrons. The lowest BCUT2D eigenvalue weighted by Gasteiger charge is -2.32. The molecule has 3 rings (SSSR count).